The Morgan fingerprint density at radius 1 is 1.08 bits per heavy atom. The third-order valence-electron chi connectivity index (χ3n) is 3.75. The number of ether oxygens (including phenoxy) is 3. The third-order valence-corrected chi connectivity index (χ3v) is 3.75. The van der Waals surface area contributed by atoms with E-state index < -0.39 is 5.82 Å². The van der Waals surface area contributed by atoms with Crippen LogP contribution in [0.2, 0.25) is 0 Å². The minimum absolute atomic E-state index is 0.165. The van der Waals surface area contributed by atoms with E-state index in [4.69, 9.17) is 14.2 Å². The lowest BCUT2D eigenvalue weighted by molar-refractivity contribution is 0.0939. The zero-order valence-corrected chi connectivity index (χ0v) is 14.8. The molecular weight excluding hydrogens is 325 g/mol. The Bertz CT molecular complexity index is 748. The maximum absolute atomic E-state index is 13.8. The molecule has 0 aliphatic heterocycles. The number of amides is 1. The van der Waals surface area contributed by atoms with Crippen LogP contribution in [0.15, 0.2) is 36.4 Å². The standard InChI is InChI=1S/C19H22FNO4/c1-5-25-17-9-7-14(11-18(17)24-4)19(22)21-12(2)13-6-8-16(23-3)15(20)10-13/h6-12H,5H2,1-4H3,(H,21,22)/t12-/m1/s1. The van der Waals surface area contributed by atoms with Gasteiger partial charge in [-0.05, 0) is 49.7 Å². The number of carbonyl (C=O) groups excluding carboxylic acids is 1. The maximum Gasteiger partial charge on any atom is 0.251 e. The largest absolute Gasteiger partial charge is 0.494 e. The fourth-order valence-electron chi connectivity index (χ4n) is 2.40. The number of carbonyl (C=O) groups is 1. The molecule has 0 spiro atoms. The molecule has 2 aromatic carbocycles. The molecule has 0 aromatic heterocycles. The molecule has 0 aliphatic carbocycles. The Hall–Kier alpha value is -2.76. The maximum atomic E-state index is 13.8. The summed E-state index contributed by atoms with van der Waals surface area (Å²) in [6.45, 7) is 4.16. The molecule has 1 N–H and O–H groups in total. The number of hydrogen-bond acceptors (Lipinski definition) is 4. The molecule has 25 heavy (non-hydrogen) atoms. The van der Waals surface area contributed by atoms with Gasteiger partial charge < -0.3 is 19.5 Å². The van der Waals surface area contributed by atoms with E-state index in [-0.39, 0.29) is 17.7 Å². The second-order valence-electron chi connectivity index (χ2n) is 5.39. The van der Waals surface area contributed by atoms with Gasteiger partial charge in [-0.2, -0.15) is 0 Å². The smallest absolute Gasteiger partial charge is 0.251 e. The fraction of sp³-hybridized carbons (Fsp3) is 0.316. The molecule has 0 bridgehead atoms. The molecule has 0 saturated heterocycles. The summed E-state index contributed by atoms with van der Waals surface area (Å²) in [6.07, 6.45) is 0. The SMILES string of the molecule is CCOc1ccc(C(=O)N[C@H](C)c2ccc(OC)c(F)c2)cc1OC. The van der Waals surface area contributed by atoms with E-state index in [0.717, 1.165) is 0 Å². The number of hydrogen-bond donors (Lipinski definition) is 1. The van der Waals surface area contributed by atoms with Crippen LogP contribution in [0.4, 0.5) is 4.39 Å². The first-order valence-corrected chi connectivity index (χ1v) is 7.95. The second-order valence-corrected chi connectivity index (χ2v) is 5.39. The van der Waals surface area contributed by atoms with Gasteiger partial charge in [0.2, 0.25) is 0 Å². The highest BCUT2D eigenvalue weighted by molar-refractivity contribution is 5.95. The number of rotatable bonds is 7. The topological polar surface area (TPSA) is 56.8 Å². The zero-order chi connectivity index (χ0) is 18.4. The van der Waals surface area contributed by atoms with Crippen LogP contribution < -0.4 is 19.5 Å². The molecule has 0 heterocycles. The van der Waals surface area contributed by atoms with E-state index in [9.17, 15) is 9.18 Å². The van der Waals surface area contributed by atoms with Gasteiger partial charge in [-0.3, -0.25) is 4.79 Å². The van der Waals surface area contributed by atoms with E-state index in [1.807, 2.05) is 6.92 Å². The van der Waals surface area contributed by atoms with Crippen LogP contribution in [-0.4, -0.2) is 26.7 Å². The van der Waals surface area contributed by atoms with Gasteiger partial charge >= 0.3 is 0 Å². The number of methoxy groups -OCH3 is 2. The highest BCUT2D eigenvalue weighted by Crippen LogP contribution is 2.28. The summed E-state index contributed by atoms with van der Waals surface area (Å²) in [5.41, 5.74) is 1.07. The van der Waals surface area contributed by atoms with E-state index in [1.54, 1.807) is 31.2 Å². The van der Waals surface area contributed by atoms with Crippen LogP contribution in [-0.2, 0) is 0 Å². The highest BCUT2D eigenvalue weighted by atomic mass is 19.1. The number of benzene rings is 2. The highest BCUT2D eigenvalue weighted by Gasteiger charge is 2.15. The Labute approximate surface area is 146 Å². The van der Waals surface area contributed by atoms with E-state index >= 15 is 0 Å². The molecule has 2 rings (SSSR count). The summed E-state index contributed by atoms with van der Waals surface area (Å²) in [7, 11) is 2.92. The Kier molecular flexibility index (Phi) is 6.22. The van der Waals surface area contributed by atoms with Gasteiger partial charge in [0, 0.05) is 5.56 Å². The van der Waals surface area contributed by atoms with Gasteiger partial charge in [0.25, 0.3) is 5.91 Å². The van der Waals surface area contributed by atoms with Crippen LogP contribution >= 0.6 is 0 Å². The van der Waals surface area contributed by atoms with Crippen LogP contribution in [0.3, 0.4) is 0 Å². The lowest BCUT2D eigenvalue weighted by Crippen LogP contribution is -2.26. The zero-order valence-electron chi connectivity index (χ0n) is 14.8. The van der Waals surface area contributed by atoms with Gasteiger partial charge in [-0.1, -0.05) is 6.07 Å². The van der Waals surface area contributed by atoms with E-state index in [1.165, 1.54) is 26.4 Å². The molecule has 0 fully saturated rings. The molecule has 0 saturated carbocycles. The molecule has 5 nitrogen and oxygen atoms in total. The molecule has 0 aliphatic rings. The first kappa shape index (κ1) is 18.6. The first-order chi connectivity index (χ1) is 12.0. The Morgan fingerprint density at radius 3 is 2.36 bits per heavy atom. The molecule has 1 amide bonds. The molecule has 2 aromatic rings. The molecule has 6 heteroatoms. The van der Waals surface area contributed by atoms with Gasteiger partial charge in [-0.15, -0.1) is 0 Å². The lowest BCUT2D eigenvalue weighted by Gasteiger charge is -2.16. The van der Waals surface area contributed by atoms with Crippen molar-refractivity contribution >= 4 is 5.91 Å². The van der Waals surface area contributed by atoms with E-state index in [0.29, 0.717) is 29.2 Å². The third kappa shape index (κ3) is 4.41. The molecule has 134 valence electrons. The van der Waals surface area contributed by atoms with Gasteiger partial charge in [0.05, 0.1) is 26.9 Å². The van der Waals surface area contributed by atoms with Gasteiger partial charge in [0.15, 0.2) is 23.1 Å². The quantitative estimate of drug-likeness (QED) is 0.829. The number of nitrogens with one attached hydrogen (secondary N) is 1. The van der Waals surface area contributed by atoms with Crippen molar-refractivity contribution in [1.29, 1.82) is 0 Å². The summed E-state index contributed by atoms with van der Waals surface area (Å²) < 4.78 is 29.4. The van der Waals surface area contributed by atoms with Crippen LogP contribution in [0.5, 0.6) is 17.2 Å². The summed E-state index contributed by atoms with van der Waals surface area (Å²) in [5.74, 6) is 0.469. The van der Waals surface area contributed by atoms with Crippen molar-refractivity contribution in [2.45, 2.75) is 19.9 Å². The van der Waals surface area contributed by atoms with Crippen LogP contribution in [0, 0.1) is 5.82 Å². The van der Waals surface area contributed by atoms with Gasteiger partial charge in [-0.25, -0.2) is 4.39 Å². The van der Waals surface area contributed by atoms with Crippen molar-refractivity contribution in [2.24, 2.45) is 0 Å². The number of halogens is 1. The molecule has 0 radical (unpaired) electrons. The van der Waals surface area contributed by atoms with Crippen molar-refractivity contribution in [3.63, 3.8) is 0 Å². The van der Waals surface area contributed by atoms with Crippen molar-refractivity contribution in [1.82, 2.24) is 5.32 Å². The Morgan fingerprint density at radius 2 is 1.76 bits per heavy atom. The first-order valence-electron chi connectivity index (χ1n) is 7.95. The molecular formula is C19H22FNO4. The van der Waals surface area contributed by atoms with E-state index in [2.05, 4.69) is 5.32 Å². The lowest BCUT2D eigenvalue weighted by atomic mass is 10.1. The Balaban J connectivity index is 2.14. The summed E-state index contributed by atoms with van der Waals surface area (Å²) >= 11 is 0. The van der Waals surface area contributed by atoms with Crippen LogP contribution in [0.1, 0.15) is 35.8 Å². The normalized spacial score (nSPS) is 11.6. The monoisotopic (exact) mass is 347 g/mol. The summed E-state index contributed by atoms with van der Waals surface area (Å²) in [5, 5.41) is 2.84. The average Bonchev–Trinajstić information content (AvgIpc) is 2.62. The molecule has 1 atom stereocenters. The van der Waals surface area contributed by atoms with Crippen molar-refractivity contribution < 1.29 is 23.4 Å². The minimum Gasteiger partial charge on any atom is -0.494 e. The van der Waals surface area contributed by atoms with Crippen molar-refractivity contribution in [3.8, 4) is 17.2 Å². The summed E-state index contributed by atoms with van der Waals surface area (Å²) in [4.78, 5) is 12.4. The average molecular weight is 347 g/mol. The fourth-order valence-corrected chi connectivity index (χ4v) is 2.40. The van der Waals surface area contributed by atoms with Gasteiger partial charge in [0.1, 0.15) is 0 Å². The van der Waals surface area contributed by atoms with Crippen LogP contribution in [0.25, 0.3) is 0 Å². The minimum atomic E-state index is -0.469. The predicted octanol–water partition coefficient (Wildman–Crippen LogP) is 3.73. The van der Waals surface area contributed by atoms with Crippen molar-refractivity contribution in [3.05, 3.63) is 53.3 Å². The van der Waals surface area contributed by atoms with Crippen molar-refractivity contribution in [2.75, 3.05) is 20.8 Å². The summed E-state index contributed by atoms with van der Waals surface area (Å²) in [6, 6.07) is 9.19. The predicted molar refractivity (Wildman–Crippen MR) is 93.0 cm³/mol. The second kappa shape index (κ2) is 8.37. The molecule has 0 unspecified atom stereocenters.